The molecule has 5 rings (SSSR count). The van der Waals surface area contributed by atoms with Crippen LogP contribution in [0.2, 0.25) is 0 Å². The zero-order valence-electron chi connectivity index (χ0n) is 27.3. The van der Waals surface area contributed by atoms with E-state index in [0.29, 0.717) is 55.8 Å². The van der Waals surface area contributed by atoms with Crippen molar-refractivity contribution in [1.82, 2.24) is 15.1 Å². The van der Waals surface area contributed by atoms with E-state index in [2.05, 4.69) is 50.9 Å². The average Bonchev–Trinajstić information content (AvgIpc) is 3.45. The predicted octanol–water partition coefficient (Wildman–Crippen LogP) is 6.53. The highest BCUT2D eigenvalue weighted by molar-refractivity contribution is 5.86. The van der Waals surface area contributed by atoms with Crippen molar-refractivity contribution in [1.29, 1.82) is 0 Å². The molecule has 4 aliphatic carbocycles. The van der Waals surface area contributed by atoms with Gasteiger partial charge in [0.2, 0.25) is 5.91 Å². The van der Waals surface area contributed by atoms with E-state index in [4.69, 9.17) is 4.99 Å². The molecule has 5 aliphatic rings. The lowest BCUT2D eigenvalue weighted by molar-refractivity contribution is -0.131. The first-order valence-corrected chi connectivity index (χ1v) is 16.9. The molecule has 0 radical (unpaired) electrons. The lowest BCUT2D eigenvalue weighted by atomic mass is 9.42. The number of halogens is 1. The van der Waals surface area contributed by atoms with Gasteiger partial charge in [0.25, 0.3) is 0 Å². The van der Waals surface area contributed by atoms with Gasteiger partial charge in [-0.15, -0.1) is 0 Å². The van der Waals surface area contributed by atoms with E-state index in [1.807, 2.05) is 19.0 Å². The van der Waals surface area contributed by atoms with Gasteiger partial charge in [0.05, 0.1) is 6.04 Å². The van der Waals surface area contributed by atoms with E-state index < -0.39 is 6.17 Å². The highest BCUT2D eigenvalue weighted by Crippen LogP contribution is 2.72. The Labute approximate surface area is 250 Å². The second-order valence-corrected chi connectivity index (χ2v) is 15.6. The molecular formula is C35H59FN4O. The minimum atomic E-state index is -0.867. The lowest BCUT2D eigenvalue weighted by Crippen LogP contribution is -2.55. The Bertz CT molecular complexity index is 1030. The Hall–Kier alpha value is -1.27. The maximum absolute atomic E-state index is 14.3. The van der Waals surface area contributed by atoms with Crippen LogP contribution in [0.15, 0.2) is 16.6 Å². The molecular weight excluding hydrogens is 511 g/mol. The molecule has 0 aromatic carbocycles. The molecule has 41 heavy (non-hydrogen) atoms. The molecule has 0 aromatic rings. The third kappa shape index (κ3) is 5.70. The normalized spacial score (nSPS) is 42.5. The summed E-state index contributed by atoms with van der Waals surface area (Å²) in [6, 6.07) is -0.247. The van der Waals surface area contributed by atoms with Gasteiger partial charge in [-0.3, -0.25) is 9.79 Å². The van der Waals surface area contributed by atoms with Gasteiger partial charge in [-0.25, -0.2) is 4.39 Å². The van der Waals surface area contributed by atoms with Crippen LogP contribution in [-0.2, 0) is 4.79 Å². The highest BCUT2D eigenvalue weighted by atomic mass is 19.1. The topological polar surface area (TPSA) is 47.9 Å². The minimum Gasteiger partial charge on any atom is -0.340 e. The van der Waals surface area contributed by atoms with Crippen LogP contribution in [0.3, 0.4) is 0 Å². The van der Waals surface area contributed by atoms with Gasteiger partial charge in [0.1, 0.15) is 6.17 Å². The van der Waals surface area contributed by atoms with Gasteiger partial charge in [-0.1, -0.05) is 39.3 Å². The highest BCUT2D eigenvalue weighted by Gasteiger charge is 2.64. The van der Waals surface area contributed by atoms with Crippen molar-refractivity contribution in [2.24, 2.45) is 44.9 Å². The van der Waals surface area contributed by atoms with E-state index in [0.717, 1.165) is 24.3 Å². The number of likely N-dealkylation sites (N-methyl/N-ethyl adjacent to an activating group) is 1. The summed E-state index contributed by atoms with van der Waals surface area (Å²) in [4.78, 5) is 22.3. The molecule has 1 amide bonds. The lowest BCUT2D eigenvalue weighted by Gasteiger charge is -2.63. The Morgan fingerprint density at radius 1 is 1.02 bits per heavy atom. The number of nitrogens with zero attached hydrogens (tertiary/aromatic N) is 3. The number of amides is 1. The number of hydrogen-bond donors (Lipinski definition) is 1. The summed E-state index contributed by atoms with van der Waals surface area (Å²) < 4.78 is 14.3. The van der Waals surface area contributed by atoms with Gasteiger partial charge < -0.3 is 15.1 Å². The van der Waals surface area contributed by atoms with Crippen LogP contribution in [0.4, 0.5) is 4.39 Å². The third-order valence-corrected chi connectivity index (χ3v) is 13.2. The molecule has 0 spiro atoms. The fourth-order valence-corrected chi connectivity index (χ4v) is 10.4. The molecule has 6 heteroatoms. The van der Waals surface area contributed by atoms with E-state index in [9.17, 15) is 9.18 Å². The number of allylic oxidation sites excluding steroid dienone is 2. The first-order chi connectivity index (χ1) is 19.4. The van der Waals surface area contributed by atoms with Crippen LogP contribution in [0.1, 0.15) is 98.8 Å². The van der Waals surface area contributed by atoms with Crippen molar-refractivity contribution in [2.45, 2.75) is 111 Å². The maximum atomic E-state index is 14.3. The molecule has 1 aliphatic heterocycles. The van der Waals surface area contributed by atoms with Crippen LogP contribution in [0.5, 0.6) is 0 Å². The molecule has 0 aromatic heterocycles. The van der Waals surface area contributed by atoms with Crippen molar-refractivity contribution < 1.29 is 9.18 Å². The standard InChI is InChI=1S/C35H59FN4O/c1-24-10-15-33(3)26(22-24)8-9-29-28(33)12-17-34(4)27(11-16-35(29,34)5)25(2)37-19-14-32(41)40(21-20-39(6)7)23-31-30(36)13-18-38-31/h22,24,27-31,38H,8-21,23H2,1-7H3/t24?,27-,28+,29-,30?,31?,33+,34-,35+/m1/s1. The van der Waals surface area contributed by atoms with Crippen LogP contribution in [0.25, 0.3) is 0 Å². The van der Waals surface area contributed by atoms with Gasteiger partial charge in [-0.2, -0.15) is 0 Å². The Balaban J connectivity index is 1.24. The van der Waals surface area contributed by atoms with Gasteiger partial charge in [0.15, 0.2) is 0 Å². The molecule has 1 saturated heterocycles. The van der Waals surface area contributed by atoms with Gasteiger partial charge in [0, 0.05) is 44.2 Å². The van der Waals surface area contributed by atoms with Crippen molar-refractivity contribution in [3.63, 3.8) is 0 Å². The predicted molar refractivity (Wildman–Crippen MR) is 168 cm³/mol. The number of rotatable bonds is 9. The number of aliphatic imine (C=N–C) groups is 1. The first-order valence-electron chi connectivity index (χ1n) is 16.9. The molecule has 0 bridgehead atoms. The van der Waals surface area contributed by atoms with Crippen molar-refractivity contribution >= 4 is 11.6 Å². The number of carbonyl (C=O) groups is 1. The van der Waals surface area contributed by atoms with Crippen LogP contribution in [-0.4, -0.2) is 80.5 Å². The Kier molecular flexibility index (Phi) is 9.14. The molecule has 4 fully saturated rings. The van der Waals surface area contributed by atoms with Crippen LogP contribution in [0, 0.1) is 39.9 Å². The number of hydrogen-bond acceptors (Lipinski definition) is 4. The number of carbonyl (C=O) groups excluding carboxylic acids is 1. The monoisotopic (exact) mass is 570 g/mol. The summed E-state index contributed by atoms with van der Waals surface area (Å²) in [5, 5.41) is 3.25. The molecule has 232 valence electrons. The van der Waals surface area contributed by atoms with E-state index in [1.54, 1.807) is 5.57 Å². The second kappa shape index (κ2) is 12.0. The SMILES string of the molecule is CC(=NCCC(=O)N(CCN(C)C)CC1NCCC1F)[C@H]1CC[C@@]2(C)[C@@H]3CCC4=CC(C)CC[C@]4(C)[C@H]3CC[C@]12C. The number of fused-ring (bicyclic) bond motifs is 5. The zero-order valence-corrected chi connectivity index (χ0v) is 27.3. The van der Waals surface area contributed by atoms with Crippen molar-refractivity contribution in [3.8, 4) is 0 Å². The Morgan fingerprint density at radius 2 is 1.78 bits per heavy atom. The van der Waals surface area contributed by atoms with Gasteiger partial charge >= 0.3 is 0 Å². The van der Waals surface area contributed by atoms with Crippen LogP contribution >= 0.6 is 0 Å². The average molecular weight is 571 g/mol. The molecule has 3 unspecified atom stereocenters. The maximum Gasteiger partial charge on any atom is 0.224 e. The summed E-state index contributed by atoms with van der Waals surface area (Å²) in [6.45, 7) is 15.6. The second-order valence-electron chi connectivity index (χ2n) is 15.6. The van der Waals surface area contributed by atoms with Crippen LogP contribution < -0.4 is 5.32 Å². The minimum absolute atomic E-state index is 0.105. The van der Waals surface area contributed by atoms with E-state index >= 15 is 0 Å². The molecule has 5 nitrogen and oxygen atoms in total. The largest absolute Gasteiger partial charge is 0.340 e. The number of alkyl halides is 1. The summed E-state index contributed by atoms with van der Waals surface area (Å²) in [7, 11) is 4.04. The quantitative estimate of drug-likeness (QED) is 0.253. The summed E-state index contributed by atoms with van der Waals surface area (Å²) in [5.41, 5.74) is 4.11. The van der Waals surface area contributed by atoms with Crippen molar-refractivity contribution in [2.75, 3.05) is 46.8 Å². The zero-order chi connectivity index (χ0) is 29.6. The summed E-state index contributed by atoms with van der Waals surface area (Å²) >= 11 is 0. The first kappa shape index (κ1) is 31.2. The van der Waals surface area contributed by atoms with E-state index in [1.165, 1.54) is 57.1 Å². The van der Waals surface area contributed by atoms with Crippen molar-refractivity contribution in [3.05, 3.63) is 11.6 Å². The third-order valence-electron chi connectivity index (χ3n) is 13.2. The van der Waals surface area contributed by atoms with E-state index in [-0.39, 0.29) is 17.4 Å². The fourth-order valence-electron chi connectivity index (χ4n) is 10.4. The summed E-state index contributed by atoms with van der Waals surface area (Å²) in [5.74, 6) is 3.01. The fraction of sp³-hybridized carbons (Fsp3) is 0.886. The molecule has 1 N–H and O–H groups in total. The molecule has 3 saturated carbocycles. The van der Waals surface area contributed by atoms with Gasteiger partial charge in [-0.05, 0) is 119 Å². The summed E-state index contributed by atoms with van der Waals surface area (Å²) in [6.07, 6.45) is 13.3. The molecule has 1 heterocycles. The number of nitrogens with one attached hydrogen (secondary N) is 1. The molecule has 9 atom stereocenters. The smallest absolute Gasteiger partial charge is 0.224 e. The Morgan fingerprint density at radius 3 is 2.49 bits per heavy atom.